The van der Waals surface area contributed by atoms with E-state index >= 15 is 0 Å². The summed E-state index contributed by atoms with van der Waals surface area (Å²) in [5, 5.41) is 23.6. The van der Waals surface area contributed by atoms with Crippen molar-refractivity contribution in [1.82, 2.24) is 15.1 Å². The number of ether oxygens (including phenoxy) is 2. The number of hydrogen-bond donors (Lipinski definition) is 3. The number of rotatable bonds is 11. The predicted molar refractivity (Wildman–Crippen MR) is 127 cm³/mol. The van der Waals surface area contributed by atoms with E-state index in [4.69, 9.17) is 9.47 Å². The zero-order valence-electron chi connectivity index (χ0n) is 19.8. The Balaban J connectivity index is 1.41. The molecule has 2 aliphatic rings. The van der Waals surface area contributed by atoms with Gasteiger partial charge in [-0.2, -0.15) is 0 Å². The normalized spacial score (nSPS) is 20.5. The Morgan fingerprint density at radius 2 is 1.72 bits per heavy atom. The van der Waals surface area contributed by atoms with Crippen LogP contribution in [0.3, 0.4) is 0 Å². The van der Waals surface area contributed by atoms with Crippen LogP contribution in [-0.2, 0) is 6.54 Å². The molecule has 2 fully saturated rings. The molecule has 0 unspecified atom stereocenters. The number of benzene rings is 1. The van der Waals surface area contributed by atoms with Crippen molar-refractivity contribution in [1.29, 1.82) is 0 Å². The van der Waals surface area contributed by atoms with E-state index in [-0.39, 0.29) is 12.7 Å². The number of likely N-dealkylation sites (tertiary alicyclic amines) is 2. The van der Waals surface area contributed by atoms with E-state index in [1.165, 1.54) is 32.1 Å². The minimum Gasteiger partial charge on any atom is -0.493 e. The highest BCUT2D eigenvalue weighted by Gasteiger charge is 2.17. The van der Waals surface area contributed by atoms with E-state index in [2.05, 4.69) is 15.1 Å². The van der Waals surface area contributed by atoms with Crippen molar-refractivity contribution < 1.29 is 19.7 Å². The Hall–Kier alpha value is -1.38. The van der Waals surface area contributed by atoms with Gasteiger partial charge in [0, 0.05) is 39.3 Å². The van der Waals surface area contributed by atoms with Gasteiger partial charge in [0.05, 0.1) is 13.2 Å². The Morgan fingerprint density at radius 3 is 2.44 bits per heavy atom. The monoisotopic (exact) mass is 449 g/mol. The van der Waals surface area contributed by atoms with Gasteiger partial charge in [-0.05, 0) is 56.5 Å². The lowest BCUT2D eigenvalue weighted by Gasteiger charge is -2.29. The first-order valence-electron chi connectivity index (χ1n) is 12.5. The number of nitrogens with zero attached hydrogens (tertiary/aromatic N) is 2. The van der Waals surface area contributed by atoms with Gasteiger partial charge in [-0.1, -0.05) is 25.3 Å². The molecule has 7 nitrogen and oxygen atoms in total. The lowest BCUT2D eigenvalue weighted by atomic mass is 10.1. The second-order valence-electron chi connectivity index (χ2n) is 9.27. The Morgan fingerprint density at radius 1 is 1.00 bits per heavy atom. The number of hydrogen-bond acceptors (Lipinski definition) is 7. The standard InChI is InChI=1S/C25H43N3O4/c1-31-24-8-7-21(18-26-11-16-27-14-9-22(29)10-15-27)17-25(24)32-20-23(30)19-28-12-5-3-2-4-6-13-28/h7-8,17,22-23,26,29-30H,2-6,9-16,18-20H2,1H3/t23-/m1/s1. The first-order valence-corrected chi connectivity index (χ1v) is 12.5. The first kappa shape index (κ1) is 25.2. The summed E-state index contributed by atoms with van der Waals surface area (Å²) in [5.74, 6) is 1.38. The molecule has 2 saturated heterocycles. The van der Waals surface area contributed by atoms with Gasteiger partial charge in [-0.25, -0.2) is 0 Å². The molecule has 32 heavy (non-hydrogen) atoms. The molecule has 7 heteroatoms. The Kier molecular flexibility index (Phi) is 11.1. The largest absolute Gasteiger partial charge is 0.493 e. The minimum absolute atomic E-state index is 0.121. The molecular formula is C25H43N3O4. The molecule has 0 bridgehead atoms. The zero-order valence-corrected chi connectivity index (χ0v) is 19.8. The van der Waals surface area contributed by atoms with Crippen LogP contribution in [-0.4, -0.2) is 91.8 Å². The minimum atomic E-state index is -0.510. The van der Waals surface area contributed by atoms with Crippen LogP contribution >= 0.6 is 0 Å². The summed E-state index contributed by atoms with van der Waals surface area (Å²) in [6.07, 6.45) is 7.49. The van der Waals surface area contributed by atoms with Gasteiger partial charge in [-0.3, -0.25) is 0 Å². The van der Waals surface area contributed by atoms with Crippen molar-refractivity contribution in [2.24, 2.45) is 0 Å². The van der Waals surface area contributed by atoms with Crippen LogP contribution in [0.1, 0.15) is 50.5 Å². The van der Waals surface area contributed by atoms with Crippen molar-refractivity contribution in [3.05, 3.63) is 23.8 Å². The Labute approximate surface area is 193 Å². The highest BCUT2D eigenvalue weighted by Crippen LogP contribution is 2.28. The number of β-amino-alcohol motifs (C(OH)–C–C–N with tert-alkyl or cyclic N) is 1. The van der Waals surface area contributed by atoms with Gasteiger partial charge in [0.1, 0.15) is 12.7 Å². The van der Waals surface area contributed by atoms with Crippen LogP contribution in [0.15, 0.2) is 18.2 Å². The third kappa shape index (κ3) is 8.87. The number of nitrogens with one attached hydrogen (secondary N) is 1. The molecule has 182 valence electrons. The fourth-order valence-electron chi connectivity index (χ4n) is 4.59. The van der Waals surface area contributed by atoms with Gasteiger partial charge >= 0.3 is 0 Å². The molecule has 2 heterocycles. The van der Waals surface area contributed by atoms with E-state index in [0.29, 0.717) is 18.0 Å². The zero-order chi connectivity index (χ0) is 22.6. The van der Waals surface area contributed by atoms with Crippen LogP contribution in [0.25, 0.3) is 0 Å². The summed E-state index contributed by atoms with van der Waals surface area (Å²) in [7, 11) is 1.65. The van der Waals surface area contributed by atoms with E-state index in [1.54, 1.807) is 7.11 Å². The van der Waals surface area contributed by atoms with E-state index in [0.717, 1.165) is 64.2 Å². The van der Waals surface area contributed by atoms with Crippen LogP contribution in [0.4, 0.5) is 0 Å². The molecule has 0 radical (unpaired) electrons. The van der Waals surface area contributed by atoms with Crippen LogP contribution in [0, 0.1) is 0 Å². The molecule has 0 aliphatic carbocycles. The molecule has 0 amide bonds. The van der Waals surface area contributed by atoms with Gasteiger partial charge in [-0.15, -0.1) is 0 Å². The molecular weight excluding hydrogens is 406 g/mol. The SMILES string of the molecule is COc1ccc(CNCCN2CCC(O)CC2)cc1OC[C@H](O)CN1CCCCCCC1. The lowest BCUT2D eigenvalue weighted by Crippen LogP contribution is -2.39. The second kappa shape index (κ2) is 14.0. The van der Waals surface area contributed by atoms with E-state index in [1.807, 2.05) is 18.2 Å². The van der Waals surface area contributed by atoms with Gasteiger partial charge in [0.25, 0.3) is 0 Å². The van der Waals surface area contributed by atoms with Crippen molar-refractivity contribution in [2.75, 3.05) is 59.5 Å². The van der Waals surface area contributed by atoms with Crippen LogP contribution in [0.5, 0.6) is 11.5 Å². The third-order valence-corrected chi connectivity index (χ3v) is 6.57. The summed E-state index contributed by atoms with van der Waals surface area (Å²) in [6, 6.07) is 5.99. The topological polar surface area (TPSA) is 77.4 Å². The molecule has 1 atom stereocenters. The molecule has 0 saturated carbocycles. The number of aliphatic hydroxyl groups is 2. The summed E-state index contributed by atoms with van der Waals surface area (Å²) in [6.45, 7) is 7.68. The van der Waals surface area contributed by atoms with E-state index in [9.17, 15) is 10.2 Å². The van der Waals surface area contributed by atoms with Crippen LogP contribution in [0.2, 0.25) is 0 Å². The van der Waals surface area contributed by atoms with Gasteiger partial charge in [0.15, 0.2) is 11.5 Å². The maximum Gasteiger partial charge on any atom is 0.161 e. The second-order valence-corrected chi connectivity index (χ2v) is 9.27. The lowest BCUT2D eigenvalue weighted by molar-refractivity contribution is 0.0644. The van der Waals surface area contributed by atoms with Crippen molar-refractivity contribution in [2.45, 2.75) is 63.7 Å². The molecule has 2 aliphatic heterocycles. The van der Waals surface area contributed by atoms with E-state index < -0.39 is 6.10 Å². The molecule has 3 N–H and O–H groups in total. The van der Waals surface area contributed by atoms with Crippen molar-refractivity contribution >= 4 is 0 Å². The number of methoxy groups -OCH3 is 1. The van der Waals surface area contributed by atoms with Gasteiger partial charge in [0.2, 0.25) is 0 Å². The molecule has 0 spiro atoms. The maximum atomic E-state index is 10.5. The average molecular weight is 450 g/mol. The summed E-state index contributed by atoms with van der Waals surface area (Å²) in [5.41, 5.74) is 1.13. The molecule has 3 rings (SSSR count). The summed E-state index contributed by atoms with van der Waals surface area (Å²) in [4.78, 5) is 4.77. The molecule has 1 aromatic rings. The van der Waals surface area contributed by atoms with Crippen molar-refractivity contribution in [3.63, 3.8) is 0 Å². The fourth-order valence-corrected chi connectivity index (χ4v) is 4.59. The smallest absolute Gasteiger partial charge is 0.161 e. The maximum absolute atomic E-state index is 10.5. The average Bonchev–Trinajstić information content (AvgIpc) is 2.78. The summed E-state index contributed by atoms with van der Waals surface area (Å²) >= 11 is 0. The quantitative estimate of drug-likeness (QED) is 0.447. The van der Waals surface area contributed by atoms with Crippen molar-refractivity contribution in [3.8, 4) is 11.5 Å². The summed E-state index contributed by atoms with van der Waals surface area (Å²) < 4.78 is 11.4. The Bertz CT molecular complexity index is 644. The van der Waals surface area contributed by atoms with Crippen LogP contribution < -0.4 is 14.8 Å². The highest BCUT2D eigenvalue weighted by atomic mass is 16.5. The predicted octanol–water partition coefficient (Wildman–Crippen LogP) is 2.25. The van der Waals surface area contributed by atoms with Gasteiger partial charge < -0.3 is 34.8 Å². The third-order valence-electron chi connectivity index (χ3n) is 6.57. The number of aliphatic hydroxyl groups excluding tert-OH is 2. The fraction of sp³-hybridized carbons (Fsp3) is 0.760. The molecule has 0 aromatic heterocycles. The molecule has 1 aromatic carbocycles. The first-order chi connectivity index (χ1) is 15.6. The highest BCUT2D eigenvalue weighted by molar-refractivity contribution is 5.43. The number of piperidine rings is 1.